The molecule has 1 aromatic heterocycles. The summed E-state index contributed by atoms with van der Waals surface area (Å²) in [4.78, 5) is 0. The van der Waals surface area contributed by atoms with Crippen molar-refractivity contribution in [2.45, 2.75) is 32.3 Å². The van der Waals surface area contributed by atoms with Gasteiger partial charge < -0.3 is 14.4 Å². The van der Waals surface area contributed by atoms with Crippen LogP contribution in [0, 0.1) is 0 Å². The summed E-state index contributed by atoms with van der Waals surface area (Å²) >= 11 is 0. The fourth-order valence-electron chi connectivity index (χ4n) is 2.80. The van der Waals surface area contributed by atoms with Gasteiger partial charge in [0.1, 0.15) is 5.75 Å². The zero-order chi connectivity index (χ0) is 13.2. The lowest BCUT2D eigenvalue weighted by Gasteiger charge is -2.20. The Bertz CT molecular complexity index is 574. The third kappa shape index (κ3) is 2.26. The molecule has 100 valence electrons. The lowest BCUT2D eigenvalue weighted by molar-refractivity contribution is 0.156. The largest absolute Gasteiger partial charge is 0.494 e. The van der Waals surface area contributed by atoms with Crippen LogP contribution in [0.1, 0.15) is 37.1 Å². The van der Waals surface area contributed by atoms with Crippen molar-refractivity contribution < 1.29 is 9.84 Å². The van der Waals surface area contributed by atoms with E-state index in [-0.39, 0.29) is 6.10 Å². The molecule has 1 heterocycles. The molecule has 3 rings (SSSR count). The summed E-state index contributed by atoms with van der Waals surface area (Å²) in [6, 6.07) is 10.1. The second-order valence-corrected chi connectivity index (χ2v) is 4.93. The normalized spacial score (nSPS) is 18.1. The second kappa shape index (κ2) is 5.10. The van der Waals surface area contributed by atoms with Crippen LogP contribution >= 0.6 is 0 Å². The van der Waals surface area contributed by atoms with Crippen molar-refractivity contribution in [1.29, 1.82) is 0 Å². The maximum Gasteiger partial charge on any atom is 0.121 e. The molecule has 0 aliphatic heterocycles. The van der Waals surface area contributed by atoms with Crippen LogP contribution < -0.4 is 4.74 Å². The smallest absolute Gasteiger partial charge is 0.121 e. The Kier molecular flexibility index (Phi) is 3.30. The SMILES string of the molecule is CCOc1cccc(-n2ccc3c2CCCC3O)c1. The summed E-state index contributed by atoms with van der Waals surface area (Å²) in [6.07, 6.45) is 4.68. The lowest BCUT2D eigenvalue weighted by atomic mass is 9.95. The molecule has 2 aromatic rings. The standard InChI is InChI=1S/C16H19NO2/c1-2-19-13-6-3-5-12(11-13)17-10-9-14-15(17)7-4-8-16(14)18/h3,5-6,9-11,16,18H,2,4,7-8H2,1H3. The zero-order valence-electron chi connectivity index (χ0n) is 11.2. The van der Waals surface area contributed by atoms with Gasteiger partial charge in [0, 0.05) is 29.2 Å². The summed E-state index contributed by atoms with van der Waals surface area (Å²) in [6.45, 7) is 2.66. The summed E-state index contributed by atoms with van der Waals surface area (Å²) in [5.41, 5.74) is 3.40. The van der Waals surface area contributed by atoms with E-state index in [0.717, 1.165) is 36.3 Å². The zero-order valence-corrected chi connectivity index (χ0v) is 11.2. The molecule has 1 aliphatic rings. The quantitative estimate of drug-likeness (QED) is 0.916. The van der Waals surface area contributed by atoms with Gasteiger partial charge in [0.25, 0.3) is 0 Å². The number of hydrogen-bond acceptors (Lipinski definition) is 2. The van der Waals surface area contributed by atoms with Crippen molar-refractivity contribution in [2.24, 2.45) is 0 Å². The highest BCUT2D eigenvalue weighted by Crippen LogP contribution is 2.32. The van der Waals surface area contributed by atoms with Crippen LogP contribution in [0.25, 0.3) is 5.69 Å². The van der Waals surface area contributed by atoms with Crippen molar-refractivity contribution in [2.75, 3.05) is 6.61 Å². The Labute approximate surface area is 113 Å². The molecule has 19 heavy (non-hydrogen) atoms. The molecule has 0 radical (unpaired) electrons. The average molecular weight is 257 g/mol. The number of aliphatic hydroxyl groups is 1. The average Bonchev–Trinajstić information content (AvgIpc) is 2.85. The highest BCUT2D eigenvalue weighted by Gasteiger charge is 2.21. The first kappa shape index (κ1) is 12.3. The highest BCUT2D eigenvalue weighted by molar-refractivity contribution is 5.43. The van der Waals surface area contributed by atoms with Crippen LogP contribution in [-0.4, -0.2) is 16.3 Å². The Morgan fingerprint density at radius 3 is 3.11 bits per heavy atom. The van der Waals surface area contributed by atoms with Gasteiger partial charge in [-0.1, -0.05) is 6.07 Å². The Hall–Kier alpha value is -1.74. The Balaban J connectivity index is 2.00. The van der Waals surface area contributed by atoms with Crippen LogP contribution in [0.2, 0.25) is 0 Å². The van der Waals surface area contributed by atoms with Crippen molar-refractivity contribution >= 4 is 0 Å². The fourth-order valence-corrected chi connectivity index (χ4v) is 2.80. The van der Waals surface area contributed by atoms with Crippen molar-refractivity contribution in [3.63, 3.8) is 0 Å². The van der Waals surface area contributed by atoms with Crippen LogP contribution in [-0.2, 0) is 6.42 Å². The number of nitrogens with zero attached hydrogens (tertiary/aromatic N) is 1. The molecule has 0 fully saturated rings. The van der Waals surface area contributed by atoms with E-state index in [2.05, 4.69) is 10.6 Å². The van der Waals surface area contributed by atoms with Crippen molar-refractivity contribution in [1.82, 2.24) is 4.57 Å². The molecule has 1 aromatic carbocycles. The van der Waals surface area contributed by atoms with E-state index < -0.39 is 0 Å². The van der Waals surface area contributed by atoms with E-state index in [4.69, 9.17) is 4.74 Å². The number of ether oxygens (including phenoxy) is 1. The molecule has 0 saturated carbocycles. The van der Waals surface area contributed by atoms with Gasteiger partial charge in [0.2, 0.25) is 0 Å². The minimum absolute atomic E-state index is 0.305. The van der Waals surface area contributed by atoms with Crippen LogP contribution in [0.5, 0.6) is 5.75 Å². The number of hydrogen-bond donors (Lipinski definition) is 1. The summed E-state index contributed by atoms with van der Waals surface area (Å²) in [5, 5.41) is 10.0. The molecule has 0 bridgehead atoms. The van der Waals surface area contributed by atoms with Gasteiger partial charge >= 0.3 is 0 Å². The van der Waals surface area contributed by atoms with E-state index in [1.54, 1.807) is 0 Å². The Morgan fingerprint density at radius 2 is 2.26 bits per heavy atom. The van der Waals surface area contributed by atoms with Crippen LogP contribution in [0.15, 0.2) is 36.5 Å². The highest BCUT2D eigenvalue weighted by atomic mass is 16.5. The minimum atomic E-state index is -0.305. The maximum atomic E-state index is 10.0. The first-order valence-electron chi connectivity index (χ1n) is 6.91. The molecular weight excluding hydrogens is 238 g/mol. The van der Waals surface area contributed by atoms with Gasteiger partial charge in [-0.05, 0) is 44.4 Å². The predicted molar refractivity (Wildman–Crippen MR) is 74.8 cm³/mol. The number of benzene rings is 1. The van der Waals surface area contributed by atoms with Gasteiger partial charge in [-0.3, -0.25) is 0 Å². The molecule has 0 spiro atoms. The minimum Gasteiger partial charge on any atom is -0.494 e. The predicted octanol–water partition coefficient (Wildman–Crippen LogP) is 3.25. The summed E-state index contributed by atoms with van der Waals surface area (Å²) in [5.74, 6) is 0.888. The molecule has 3 nitrogen and oxygen atoms in total. The van der Waals surface area contributed by atoms with Crippen molar-refractivity contribution in [3.05, 3.63) is 47.8 Å². The van der Waals surface area contributed by atoms with E-state index in [1.165, 1.54) is 5.69 Å². The monoisotopic (exact) mass is 257 g/mol. The van der Waals surface area contributed by atoms with E-state index >= 15 is 0 Å². The van der Waals surface area contributed by atoms with Crippen LogP contribution in [0.3, 0.4) is 0 Å². The third-order valence-electron chi connectivity index (χ3n) is 3.68. The van der Waals surface area contributed by atoms with Gasteiger partial charge in [-0.25, -0.2) is 0 Å². The number of aliphatic hydroxyl groups excluding tert-OH is 1. The number of fused-ring (bicyclic) bond motifs is 1. The lowest BCUT2D eigenvalue weighted by Crippen LogP contribution is -2.11. The molecule has 1 unspecified atom stereocenters. The maximum absolute atomic E-state index is 10.0. The van der Waals surface area contributed by atoms with Gasteiger partial charge in [-0.2, -0.15) is 0 Å². The first-order chi connectivity index (χ1) is 9.29. The molecule has 1 atom stereocenters. The topological polar surface area (TPSA) is 34.4 Å². The molecule has 0 saturated heterocycles. The van der Waals surface area contributed by atoms with Gasteiger partial charge in [-0.15, -0.1) is 0 Å². The molecule has 1 N–H and O–H groups in total. The summed E-state index contributed by atoms with van der Waals surface area (Å²) < 4.78 is 7.71. The number of aromatic nitrogens is 1. The van der Waals surface area contributed by atoms with Crippen LogP contribution in [0.4, 0.5) is 0 Å². The fraction of sp³-hybridized carbons (Fsp3) is 0.375. The van der Waals surface area contributed by atoms with E-state index in [0.29, 0.717) is 6.61 Å². The van der Waals surface area contributed by atoms with Gasteiger partial charge in [0.15, 0.2) is 0 Å². The van der Waals surface area contributed by atoms with Gasteiger partial charge in [0.05, 0.1) is 12.7 Å². The molecule has 0 amide bonds. The van der Waals surface area contributed by atoms with E-state index in [9.17, 15) is 5.11 Å². The number of rotatable bonds is 3. The second-order valence-electron chi connectivity index (χ2n) is 4.93. The molecule has 3 heteroatoms. The summed E-state index contributed by atoms with van der Waals surface area (Å²) in [7, 11) is 0. The van der Waals surface area contributed by atoms with E-state index in [1.807, 2.05) is 37.4 Å². The third-order valence-corrected chi connectivity index (χ3v) is 3.68. The molecule has 1 aliphatic carbocycles. The van der Waals surface area contributed by atoms with Crippen molar-refractivity contribution in [3.8, 4) is 11.4 Å². The Morgan fingerprint density at radius 1 is 1.37 bits per heavy atom. The first-order valence-corrected chi connectivity index (χ1v) is 6.91. The molecular formula is C16H19NO2.